The molecule has 130 valence electrons. The number of hydrogen-bond donors (Lipinski definition) is 0. The summed E-state index contributed by atoms with van der Waals surface area (Å²) in [6, 6.07) is 23.2. The van der Waals surface area contributed by atoms with Gasteiger partial charge in [0, 0.05) is 11.1 Å². The van der Waals surface area contributed by atoms with E-state index >= 15 is 0 Å². The van der Waals surface area contributed by atoms with Crippen molar-refractivity contribution in [2.24, 2.45) is 0 Å². The molecule has 0 aromatic heterocycles. The summed E-state index contributed by atoms with van der Waals surface area (Å²) in [6.45, 7) is 0. The van der Waals surface area contributed by atoms with Crippen molar-refractivity contribution in [1.29, 1.82) is 0 Å². The zero-order valence-electron chi connectivity index (χ0n) is 14.8. The minimum Gasteiger partial charge on any atom is -0.493 e. The van der Waals surface area contributed by atoms with Crippen LogP contribution < -0.4 is 9.47 Å². The number of hydrogen-bond acceptors (Lipinski definition) is 3. The summed E-state index contributed by atoms with van der Waals surface area (Å²) >= 11 is 0. The number of allylic oxidation sites excluding steroid dienone is 1. The van der Waals surface area contributed by atoms with Gasteiger partial charge < -0.3 is 9.47 Å². The molecule has 0 aliphatic rings. The Morgan fingerprint density at radius 3 is 2.12 bits per heavy atom. The first-order chi connectivity index (χ1) is 12.7. The molecular weight excluding hydrogens is 324 g/mol. The molecule has 0 heterocycles. The third-order valence-electron chi connectivity index (χ3n) is 4.12. The van der Waals surface area contributed by atoms with E-state index in [9.17, 15) is 4.79 Å². The largest absolute Gasteiger partial charge is 0.493 e. The van der Waals surface area contributed by atoms with E-state index < -0.39 is 0 Å². The standard InChI is InChI=1S/C23H20O3/c1-25-22-10-6-9-20(23(22)26-2)15-16-21(24)19-13-11-18(12-14-19)17-7-4-3-5-8-17/h3-16H,1-2H3/b16-15+. The van der Waals surface area contributed by atoms with E-state index in [1.807, 2.05) is 72.8 Å². The summed E-state index contributed by atoms with van der Waals surface area (Å²) in [6.07, 6.45) is 3.30. The van der Waals surface area contributed by atoms with Gasteiger partial charge in [-0.2, -0.15) is 0 Å². The maximum atomic E-state index is 12.5. The zero-order chi connectivity index (χ0) is 18.4. The number of methoxy groups -OCH3 is 2. The van der Waals surface area contributed by atoms with Gasteiger partial charge in [-0.3, -0.25) is 4.79 Å². The first kappa shape index (κ1) is 17.5. The van der Waals surface area contributed by atoms with Crippen molar-refractivity contribution >= 4 is 11.9 Å². The fraction of sp³-hybridized carbons (Fsp3) is 0.0870. The van der Waals surface area contributed by atoms with Gasteiger partial charge in [0.25, 0.3) is 0 Å². The predicted octanol–water partition coefficient (Wildman–Crippen LogP) is 5.27. The van der Waals surface area contributed by atoms with Crippen molar-refractivity contribution in [1.82, 2.24) is 0 Å². The van der Waals surface area contributed by atoms with Crippen LogP contribution in [0, 0.1) is 0 Å². The van der Waals surface area contributed by atoms with E-state index in [1.165, 1.54) is 0 Å². The predicted molar refractivity (Wildman–Crippen MR) is 105 cm³/mol. The molecule has 0 bridgehead atoms. The normalized spacial score (nSPS) is 10.7. The van der Waals surface area contributed by atoms with Crippen LogP contribution in [0.4, 0.5) is 0 Å². The second kappa shape index (κ2) is 8.17. The van der Waals surface area contributed by atoms with Crippen LogP contribution in [0.15, 0.2) is 78.9 Å². The Kier molecular flexibility index (Phi) is 5.49. The van der Waals surface area contributed by atoms with Crippen molar-refractivity contribution in [2.45, 2.75) is 0 Å². The van der Waals surface area contributed by atoms with Gasteiger partial charge in [0.05, 0.1) is 14.2 Å². The third kappa shape index (κ3) is 3.83. The Morgan fingerprint density at radius 2 is 1.46 bits per heavy atom. The lowest BCUT2D eigenvalue weighted by Gasteiger charge is -2.09. The van der Waals surface area contributed by atoms with Crippen molar-refractivity contribution in [3.8, 4) is 22.6 Å². The molecule has 0 saturated carbocycles. The van der Waals surface area contributed by atoms with E-state index in [-0.39, 0.29) is 5.78 Å². The van der Waals surface area contributed by atoms with Crippen molar-refractivity contribution in [3.05, 3.63) is 90.0 Å². The highest BCUT2D eigenvalue weighted by Gasteiger charge is 2.08. The van der Waals surface area contributed by atoms with Crippen molar-refractivity contribution in [3.63, 3.8) is 0 Å². The Balaban J connectivity index is 1.79. The molecule has 0 radical (unpaired) electrons. The number of ether oxygens (including phenoxy) is 2. The number of carbonyl (C=O) groups excluding carboxylic acids is 1. The molecule has 3 heteroatoms. The fourth-order valence-corrected chi connectivity index (χ4v) is 2.76. The van der Waals surface area contributed by atoms with Gasteiger partial charge in [-0.1, -0.05) is 66.7 Å². The molecule has 0 unspecified atom stereocenters. The van der Waals surface area contributed by atoms with Crippen LogP contribution in [0.2, 0.25) is 0 Å². The summed E-state index contributed by atoms with van der Waals surface area (Å²) in [7, 11) is 3.17. The van der Waals surface area contributed by atoms with E-state index in [2.05, 4.69) is 0 Å². The first-order valence-electron chi connectivity index (χ1n) is 8.32. The summed E-state index contributed by atoms with van der Waals surface area (Å²) in [5.41, 5.74) is 3.65. The number of carbonyl (C=O) groups is 1. The highest BCUT2D eigenvalue weighted by atomic mass is 16.5. The lowest BCUT2D eigenvalue weighted by Crippen LogP contribution is -1.95. The van der Waals surface area contributed by atoms with Crippen molar-refractivity contribution in [2.75, 3.05) is 14.2 Å². The van der Waals surface area contributed by atoms with Gasteiger partial charge in [0.1, 0.15) is 0 Å². The maximum absolute atomic E-state index is 12.5. The van der Waals surface area contributed by atoms with Gasteiger partial charge >= 0.3 is 0 Å². The maximum Gasteiger partial charge on any atom is 0.185 e. The molecule has 0 fully saturated rings. The Hall–Kier alpha value is -3.33. The Labute approximate surface area is 153 Å². The topological polar surface area (TPSA) is 35.5 Å². The summed E-state index contributed by atoms with van der Waals surface area (Å²) in [4.78, 5) is 12.5. The molecule has 3 aromatic rings. The number of rotatable bonds is 6. The van der Waals surface area contributed by atoms with E-state index in [0.29, 0.717) is 17.1 Å². The molecule has 0 saturated heterocycles. The average molecular weight is 344 g/mol. The van der Waals surface area contributed by atoms with Gasteiger partial charge in [-0.25, -0.2) is 0 Å². The second-order valence-electron chi connectivity index (χ2n) is 5.72. The molecule has 0 atom stereocenters. The van der Waals surface area contributed by atoms with Gasteiger partial charge in [-0.05, 0) is 29.3 Å². The molecule has 0 N–H and O–H groups in total. The van der Waals surface area contributed by atoms with E-state index in [4.69, 9.17) is 9.47 Å². The lowest BCUT2D eigenvalue weighted by molar-refractivity contribution is 0.104. The summed E-state index contributed by atoms with van der Waals surface area (Å²) in [5.74, 6) is 1.18. The van der Waals surface area contributed by atoms with Crippen LogP contribution in [-0.2, 0) is 0 Å². The molecule has 26 heavy (non-hydrogen) atoms. The minimum atomic E-state index is -0.0607. The SMILES string of the molecule is COc1cccc(/C=C/C(=O)c2ccc(-c3ccccc3)cc2)c1OC. The quantitative estimate of drug-likeness (QED) is 0.451. The van der Waals surface area contributed by atoms with Gasteiger partial charge in [0.15, 0.2) is 17.3 Å². The van der Waals surface area contributed by atoms with Crippen LogP contribution in [0.3, 0.4) is 0 Å². The Morgan fingerprint density at radius 1 is 0.769 bits per heavy atom. The fourth-order valence-electron chi connectivity index (χ4n) is 2.76. The molecule has 0 amide bonds. The van der Waals surface area contributed by atoms with Crippen LogP contribution in [0.1, 0.15) is 15.9 Å². The first-order valence-corrected chi connectivity index (χ1v) is 8.32. The van der Waals surface area contributed by atoms with E-state index in [1.54, 1.807) is 26.4 Å². The number of para-hydroxylation sites is 1. The number of ketones is 1. The average Bonchev–Trinajstić information content (AvgIpc) is 2.72. The molecular formula is C23H20O3. The van der Waals surface area contributed by atoms with Crippen molar-refractivity contribution < 1.29 is 14.3 Å². The zero-order valence-corrected chi connectivity index (χ0v) is 14.8. The molecule has 0 aliphatic heterocycles. The molecule has 0 aliphatic carbocycles. The van der Waals surface area contributed by atoms with Crippen LogP contribution >= 0.6 is 0 Å². The summed E-state index contributed by atoms with van der Waals surface area (Å²) < 4.78 is 10.7. The Bertz CT molecular complexity index is 910. The minimum absolute atomic E-state index is 0.0607. The lowest BCUT2D eigenvalue weighted by atomic mass is 10.0. The van der Waals surface area contributed by atoms with Gasteiger partial charge in [0.2, 0.25) is 0 Å². The number of benzene rings is 3. The van der Waals surface area contributed by atoms with Crippen LogP contribution in [-0.4, -0.2) is 20.0 Å². The molecule has 3 aromatic carbocycles. The smallest absolute Gasteiger partial charge is 0.185 e. The van der Waals surface area contributed by atoms with E-state index in [0.717, 1.165) is 16.7 Å². The second-order valence-corrected chi connectivity index (χ2v) is 5.72. The molecule has 3 nitrogen and oxygen atoms in total. The molecule has 0 spiro atoms. The molecule has 3 rings (SSSR count). The monoisotopic (exact) mass is 344 g/mol. The summed E-state index contributed by atoms with van der Waals surface area (Å²) in [5, 5.41) is 0. The highest BCUT2D eigenvalue weighted by Crippen LogP contribution is 2.31. The van der Waals surface area contributed by atoms with Gasteiger partial charge in [-0.15, -0.1) is 0 Å². The van der Waals surface area contributed by atoms with Crippen LogP contribution in [0.25, 0.3) is 17.2 Å². The van der Waals surface area contributed by atoms with Crippen LogP contribution in [0.5, 0.6) is 11.5 Å². The highest BCUT2D eigenvalue weighted by molar-refractivity contribution is 6.07. The third-order valence-corrected chi connectivity index (χ3v) is 4.12.